The highest BCUT2D eigenvalue weighted by atomic mass is 16.5. The summed E-state index contributed by atoms with van der Waals surface area (Å²) in [5.41, 5.74) is 11.0. The standard InChI is InChI=1S/C13H19N3O3/c1-13(2,7-11(15)17)16-12(18)8-4-5-9(14)10(6-8)19-3/h4-6H,7,14H2,1-3H3,(H2,15,17)(H,16,18). The smallest absolute Gasteiger partial charge is 0.251 e. The number of primary amides is 1. The van der Waals surface area contributed by atoms with Crippen LogP contribution >= 0.6 is 0 Å². The van der Waals surface area contributed by atoms with Gasteiger partial charge < -0.3 is 21.5 Å². The normalized spacial score (nSPS) is 10.9. The highest BCUT2D eigenvalue weighted by Gasteiger charge is 2.23. The van der Waals surface area contributed by atoms with Gasteiger partial charge in [0.05, 0.1) is 12.8 Å². The van der Waals surface area contributed by atoms with Crippen molar-refractivity contribution in [1.82, 2.24) is 5.32 Å². The highest BCUT2D eigenvalue weighted by molar-refractivity contribution is 5.96. The maximum absolute atomic E-state index is 12.1. The molecule has 0 radical (unpaired) electrons. The number of benzene rings is 1. The van der Waals surface area contributed by atoms with Crippen molar-refractivity contribution in [2.24, 2.45) is 5.73 Å². The van der Waals surface area contributed by atoms with Gasteiger partial charge in [0.1, 0.15) is 5.75 Å². The minimum absolute atomic E-state index is 0.0604. The molecule has 0 aromatic heterocycles. The molecule has 0 atom stereocenters. The molecule has 0 fully saturated rings. The lowest BCUT2D eigenvalue weighted by Gasteiger charge is -2.24. The molecule has 0 heterocycles. The summed E-state index contributed by atoms with van der Waals surface area (Å²) in [6.45, 7) is 3.45. The SMILES string of the molecule is COc1cc(C(=O)NC(C)(C)CC(N)=O)ccc1N. The predicted octanol–water partition coefficient (Wildman–Crippen LogP) is 0.661. The fourth-order valence-corrected chi connectivity index (χ4v) is 1.71. The zero-order valence-electron chi connectivity index (χ0n) is 11.3. The first kappa shape index (κ1) is 14.8. The summed E-state index contributed by atoms with van der Waals surface area (Å²) in [5.74, 6) is -0.356. The summed E-state index contributed by atoms with van der Waals surface area (Å²) >= 11 is 0. The van der Waals surface area contributed by atoms with Crippen LogP contribution in [0, 0.1) is 0 Å². The number of hydrogen-bond acceptors (Lipinski definition) is 4. The lowest BCUT2D eigenvalue weighted by atomic mass is 9.99. The molecular formula is C13H19N3O3. The first-order chi connectivity index (χ1) is 8.75. The van der Waals surface area contributed by atoms with Gasteiger partial charge in [0.25, 0.3) is 5.91 Å². The van der Waals surface area contributed by atoms with E-state index in [1.165, 1.54) is 7.11 Å². The average Bonchev–Trinajstić information content (AvgIpc) is 2.26. The first-order valence-corrected chi connectivity index (χ1v) is 5.79. The van der Waals surface area contributed by atoms with Crippen LogP contribution in [0.25, 0.3) is 0 Å². The number of ether oxygens (including phenoxy) is 1. The van der Waals surface area contributed by atoms with E-state index in [1.807, 2.05) is 0 Å². The van der Waals surface area contributed by atoms with E-state index in [-0.39, 0.29) is 12.3 Å². The molecule has 0 aliphatic carbocycles. The Hall–Kier alpha value is -2.24. The summed E-state index contributed by atoms with van der Waals surface area (Å²) in [6.07, 6.45) is 0.0604. The van der Waals surface area contributed by atoms with E-state index in [0.29, 0.717) is 17.0 Å². The van der Waals surface area contributed by atoms with Gasteiger partial charge >= 0.3 is 0 Å². The van der Waals surface area contributed by atoms with Crippen LogP contribution in [-0.4, -0.2) is 24.5 Å². The summed E-state index contributed by atoms with van der Waals surface area (Å²) in [5, 5.41) is 2.74. The van der Waals surface area contributed by atoms with E-state index in [2.05, 4.69) is 5.32 Å². The number of anilines is 1. The summed E-state index contributed by atoms with van der Waals surface area (Å²) in [4.78, 5) is 23.0. The molecule has 104 valence electrons. The minimum atomic E-state index is -0.711. The van der Waals surface area contributed by atoms with Crippen molar-refractivity contribution < 1.29 is 14.3 Å². The average molecular weight is 265 g/mol. The third-order valence-electron chi connectivity index (χ3n) is 2.56. The van der Waals surface area contributed by atoms with Crippen LogP contribution in [0.3, 0.4) is 0 Å². The summed E-state index contributed by atoms with van der Waals surface area (Å²) in [6, 6.07) is 4.73. The van der Waals surface area contributed by atoms with Crippen molar-refractivity contribution in [1.29, 1.82) is 0 Å². The molecule has 0 saturated heterocycles. The van der Waals surface area contributed by atoms with E-state index in [4.69, 9.17) is 16.2 Å². The van der Waals surface area contributed by atoms with Crippen LogP contribution < -0.4 is 21.5 Å². The molecule has 0 saturated carbocycles. The van der Waals surface area contributed by atoms with Crippen molar-refractivity contribution in [2.75, 3.05) is 12.8 Å². The van der Waals surface area contributed by atoms with E-state index in [9.17, 15) is 9.59 Å². The molecule has 2 amide bonds. The Labute approximate surface area is 112 Å². The molecule has 0 aliphatic heterocycles. The Balaban J connectivity index is 2.86. The topological polar surface area (TPSA) is 107 Å². The van der Waals surface area contributed by atoms with E-state index in [1.54, 1.807) is 32.0 Å². The molecule has 5 N–H and O–H groups in total. The van der Waals surface area contributed by atoms with Gasteiger partial charge in [-0.25, -0.2) is 0 Å². The Morgan fingerprint density at radius 2 is 2.00 bits per heavy atom. The lowest BCUT2D eigenvalue weighted by molar-refractivity contribution is -0.119. The maximum atomic E-state index is 12.1. The number of carbonyl (C=O) groups is 2. The number of hydrogen-bond donors (Lipinski definition) is 3. The number of rotatable bonds is 5. The molecule has 19 heavy (non-hydrogen) atoms. The zero-order valence-corrected chi connectivity index (χ0v) is 11.3. The van der Waals surface area contributed by atoms with Gasteiger partial charge in [0.15, 0.2) is 0 Å². The Morgan fingerprint density at radius 3 is 2.53 bits per heavy atom. The first-order valence-electron chi connectivity index (χ1n) is 5.79. The van der Waals surface area contributed by atoms with E-state index < -0.39 is 11.4 Å². The fourth-order valence-electron chi connectivity index (χ4n) is 1.71. The van der Waals surface area contributed by atoms with Gasteiger partial charge in [-0.2, -0.15) is 0 Å². The Bertz CT molecular complexity index is 498. The van der Waals surface area contributed by atoms with E-state index in [0.717, 1.165) is 0 Å². The molecule has 1 aromatic carbocycles. The highest BCUT2D eigenvalue weighted by Crippen LogP contribution is 2.22. The zero-order chi connectivity index (χ0) is 14.6. The largest absolute Gasteiger partial charge is 0.495 e. The number of amides is 2. The monoisotopic (exact) mass is 265 g/mol. The number of nitrogens with two attached hydrogens (primary N) is 2. The van der Waals surface area contributed by atoms with Gasteiger partial charge in [0.2, 0.25) is 5.91 Å². The molecule has 6 nitrogen and oxygen atoms in total. The van der Waals surface area contributed by atoms with Crippen molar-refractivity contribution >= 4 is 17.5 Å². The van der Waals surface area contributed by atoms with Crippen molar-refractivity contribution in [2.45, 2.75) is 25.8 Å². The van der Waals surface area contributed by atoms with Crippen molar-refractivity contribution in [3.63, 3.8) is 0 Å². The number of carbonyl (C=O) groups excluding carboxylic acids is 2. The Kier molecular flexibility index (Phi) is 4.37. The molecule has 1 aromatic rings. The molecule has 0 unspecified atom stereocenters. The minimum Gasteiger partial charge on any atom is -0.495 e. The summed E-state index contributed by atoms with van der Waals surface area (Å²) < 4.78 is 5.05. The second-order valence-electron chi connectivity index (χ2n) is 4.94. The van der Waals surface area contributed by atoms with Crippen LogP contribution in [0.4, 0.5) is 5.69 Å². The van der Waals surface area contributed by atoms with Crippen molar-refractivity contribution in [3.05, 3.63) is 23.8 Å². The van der Waals surface area contributed by atoms with Gasteiger partial charge in [-0.1, -0.05) is 0 Å². The molecule has 1 rings (SSSR count). The second-order valence-corrected chi connectivity index (χ2v) is 4.94. The van der Waals surface area contributed by atoms with Crippen LogP contribution in [0.15, 0.2) is 18.2 Å². The molecule has 0 bridgehead atoms. The molecule has 0 aliphatic rings. The number of methoxy groups -OCH3 is 1. The molecule has 6 heteroatoms. The van der Waals surface area contributed by atoms with Crippen molar-refractivity contribution in [3.8, 4) is 5.75 Å². The third kappa shape index (κ3) is 4.17. The van der Waals surface area contributed by atoms with Gasteiger partial charge in [-0.05, 0) is 32.0 Å². The molecule has 0 spiro atoms. The van der Waals surface area contributed by atoms with Gasteiger partial charge in [0, 0.05) is 17.5 Å². The second kappa shape index (κ2) is 5.60. The summed E-state index contributed by atoms with van der Waals surface area (Å²) in [7, 11) is 1.48. The number of nitrogen functional groups attached to an aromatic ring is 1. The van der Waals surface area contributed by atoms with Crippen LogP contribution in [0.5, 0.6) is 5.75 Å². The fraction of sp³-hybridized carbons (Fsp3) is 0.385. The lowest BCUT2D eigenvalue weighted by Crippen LogP contribution is -2.46. The van der Waals surface area contributed by atoms with Gasteiger partial charge in [-0.3, -0.25) is 9.59 Å². The van der Waals surface area contributed by atoms with Gasteiger partial charge in [-0.15, -0.1) is 0 Å². The predicted molar refractivity (Wildman–Crippen MR) is 72.8 cm³/mol. The number of nitrogens with one attached hydrogen (secondary N) is 1. The maximum Gasteiger partial charge on any atom is 0.251 e. The Morgan fingerprint density at radius 1 is 1.37 bits per heavy atom. The quantitative estimate of drug-likeness (QED) is 0.680. The van der Waals surface area contributed by atoms with Crippen LogP contribution in [-0.2, 0) is 4.79 Å². The van der Waals surface area contributed by atoms with Crippen LogP contribution in [0.1, 0.15) is 30.6 Å². The van der Waals surface area contributed by atoms with E-state index >= 15 is 0 Å². The van der Waals surface area contributed by atoms with Crippen LogP contribution in [0.2, 0.25) is 0 Å². The third-order valence-corrected chi connectivity index (χ3v) is 2.56. The molecular weight excluding hydrogens is 246 g/mol.